The van der Waals surface area contributed by atoms with Crippen LogP contribution in [0.5, 0.6) is 0 Å². The molecule has 6 heteroatoms. The molecule has 1 aromatic rings. The first-order valence-corrected chi connectivity index (χ1v) is 5.77. The lowest BCUT2D eigenvalue weighted by Crippen LogP contribution is -2.47. The van der Waals surface area contributed by atoms with Crippen molar-refractivity contribution >= 4 is 23.5 Å². The number of rotatable bonds is 4. The van der Waals surface area contributed by atoms with E-state index in [0.717, 1.165) is 6.42 Å². The lowest BCUT2D eigenvalue weighted by molar-refractivity contribution is -0.153. The van der Waals surface area contributed by atoms with Gasteiger partial charge in [-0.2, -0.15) is 0 Å². The highest BCUT2D eigenvalue weighted by Gasteiger charge is 2.44. The lowest BCUT2D eigenvalue weighted by atomic mass is 9.69. The fraction of sp³-hybridized carbons (Fsp3) is 0.455. The van der Waals surface area contributed by atoms with Gasteiger partial charge in [-0.25, -0.2) is 0 Å². The molecule has 0 saturated heterocycles. The van der Waals surface area contributed by atoms with Crippen molar-refractivity contribution in [2.75, 3.05) is 6.54 Å². The molecule has 2 rings (SSSR count). The first-order chi connectivity index (χ1) is 8.03. The molecule has 0 atom stereocenters. The number of aliphatic carboxylic acids is 1. The van der Waals surface area contributed by atoms with Crippen molar-refractivity contribution in [3.63, 3.8) is 0 Å². The van der Waals surface area contributed by atoms with Crippen LogP contribution in [0, 0.1) is 5.41 Å². The Morgan fingerprint density at radius 1 is 1.53 bits per heavy atom. The maximum Gasteiger partial charge on any atom is 0.311 e. The predicted octanol–water partition coefficient (Wildman–Crippen LogP) is 1.65. The molecule has 1 aromatic heterocycles. The summed E-state index contributed by atoms with van der Waals surface area (Å²) >= 11 is 5.68. The first kappa shape index (κ1) is 12.0. The van der Waals surface area contributed by atoms with E-state index < -0.39 is 11.4 Å². The van der Waals surface area contributed by atoms with Gasteiger partial charge in [0.15, 0.2) is 0 Å². The number of halogens is 1. The number of aromatic amines is 1. The molecule has 1 aliphatic rings. The fourth-order valence-electron chi connectivity index (χ4n) is 1.91. The summed E-state index contributed by atoms with van der Waals surface area (Å²) in [7, 11) is 0. The molecule has 0 aromatic carbocycles. The van der Waals surface area contributed by atoms with Crippen LogP contribution in [0.15, 0.2) is 12.3 Å². The lowest BCUT2D eigenvalue weighted by Gasteiger charge is -2.37. The molecule has 0 unspecified atom stereocenters. The molecular weight excluding hydrogens is 244 g/mol. The van der Waals surface area contributed by atoms with Crippen LogP contribution in [0.2, 0.25) is 5.02 Å². The van der Waals surface area contributed by atoms with Gasteiger partial charge in [0, 0.05) is 12.7 Å². The summed E-state index contributed by atoms with van der Waals surface area (Å²) in [4.78, 5) is 25.5. The Morgan fingerprint density at radius 2 is 2.24 bits per heavy atom. The summed E-state index contributed by atoms with van der Waals surface area (Å²) in [5.74, 6) is -1.17. The van der Waals surface area contributed by atoms with Crippen molar-refractivity contribution < 1.29 is 14.7 Å². The number of H-pyrrole nitrogens is 1. The van der Waals surface area contributed by atoms with Gasteiger partial charge in [0.05, 0.1) is 10.4 Å². The molecule has 0 aliphatic heterocycles. The Morgan fingerprint density at radius 3 is 2.65 bits per heavy atom. The van der Waals surface area contributed by atoms with Gasteiger partial charge in [-0.05, 0) is 18.9 Å². The second kappa shape index (κ2) is 4.41. The maximum absolute atomic E-state index is 11.7. The number of hydrogen-bond donors (Lipinski definition) is 3. The van der Waals surface area contributed by atoms with Crippen molar-refractivity contribution in [3.8, 4) is 0 Å². The van der Waals surface area contributed by atoms with E-state index in [2.05, 4.69) is 10.3 Å². The summed E-state index contributed by atoms with van der Waals surface area (Å²) < 4.78 is 0. The number of carbonyl (C=O) groups is 2. The Labute approximate surface area is 103 Å². The number of amides is 1. The van der Waals surface area contributed by atoms with Gasteiger partial charge in [-0.15, -0.1) is 0 Å². The van der Waals surface area contributed by atoms with Crippen LogP contribution < -0.4 is 5.32 Å². The Bertz CT molecular complexity index is 451. The molecular formula is C11H13ClN2O3. The van der Waals surface area contributed by atoms with Gasteiger partial charge in [-0.1, -0.05) is 18.0 Å². The van der Waals surface area contributed by atoms with Gasteiger partial charge >= 0.3 is 5.97 Å². The Kier molecular flexibility index (Phi) is 3.11. The summed E-state index contributed by atoms with van der Waals surface area (Å²) in [5, 5.41) is 12.2. The Hall–Kier alpha value is -1.49. The molecule has 3 N–H and O–H groups in total. The molecule has 1 aliphatic carbocycles. The van der Waals surface area contributed by atoms with Gasteiger partial charge in [0.25, 0.3) is 5.91 Å². The van der Waals surface area contributed by atoms with E-state index in [1.165, 1.54) is 12.3 Å². The molecule has 92 valence electrons. The maximum atomic E-state index is 11.7. The average molecular weight is 257 g/mol. The smallest absolute Gasteiger partial charge is 0.311 e. The minimum Gasteiger partial charge on any atom is -0.481 e. The number of carbonyl (C=O) groups excluding carboxylic acids is 1. The van der Waals surface area contributed by atoms with Crippen LogP contribution in [0.4, 0.5) is 0 Å². The fourth-order valence-corrected chi connectivity index (χ4v) is 2.08. The summed E-state index contributed by atoms with van der Waals surface area (Å²) in [6.07, 6.45) is 3.64. The number of carboxylic acids is 1. The van der Waals surface area contributed by atoms with Crippen molar-refractivity contribution in [3.05, 3.63) is 23.0 Å². The second-order valence-electron chi connectivity index (χ2n) is 4.35. The second-order valence-corrected chi connectivity index (χ2v) is 4.79. The van der Waals surface area contributed by atoms with Crippen LogP contribution >= 0.6 is 11.6 Å². The van der Waals surface area contributed by atoms with Crippen LogP contribution in [0.3, 0.4) is 0 Å². The van der Waals surface area contributed by atoms with E-state index in [1.807, 2.05) is 0 Å². The number of nitrogens with one attached hydrogen (secondary N) is 2. The van der Waals surface area contributed by atoms with Crippen LogP contribution in [-0.4, -0.2) is 28.5 Å². The van der Waals surface area contributed by atoms with E-state index in [4.69, 9.17) is 16.7 Å². The molecule has 1 amide bonds. The third-order valence-electron chi connectivity index (χ3n) is 3.24. The van der Waals surface area contributed by atoms with Crippen LogP contribution in [0.1, 0.15) is 29.8 Å². The Balaban J connectivity index is 1.94. The largest absolute Gasteiger partial charge is 0.481 e. The molecule has 0 spiro atoms. The average Bonchev–Trinajstić information content (AvgIpc) is 2.62. The number of carboxylic acid groups (broad SMARTS) is 1. The zero-order chi connectivity index (χ0) is 12.5. The van der Waals surface area contributed by atoms with Gasteiger partial charge in [0.1, 0.15) is 5.69 Å². The third kappa shape index (κ3) is 2.29. The highest BCUT2D eigenvalue weighted by atomic mass is 35.5. The van der Waals surface area contributed by atoms with Crippen molar-refractivity contribution in [2.45, 2.75) is 19.3 Å². The minimum absolute atomic E-state index is 0.164. The number of hydrogen-bond acceptors (Lipinski definition) is 2. The topological polar surface area (TPSA) is 82.2 Å². The highest BCUT2D eigenvalue weighted by Crippen LogP contribution is 2.40. The van der Waals surface area contributed by atoms with Gasteiger partial charge in [-0.3, -0.25) is 9.59 Å². The summed E-state index contributed by atoms with van der Waals surface area (Å²) in [6, 6.07) is 1.51. The summed E-state index contributed by atoms with van der Waals surface area (Å²) in [5.41, 5.74) is -0.429. The highest BCUT2D eigenvalue weighted by molar-refractivity contribution is 6.30. The van der Waals surface area contributed by atoms with Gasteiger partial charge < -0.3 is 15.4 Å². The SMILES string of the molecule is O=C(NCC1(C(=O)O)CCC1)c1cc(Cl)c[nH]1. The quantitative estimate of drug-likeness (QED) is 0.766. The monoisotopic (exact) mass is 256 g/mol. The van der Waals surface area contributed by atoms with Crippen molar-refractivity contribution in [1.29, 1.82) is 0 Å². The predicted molar refractivity (Wildman–Crippen MR) is 62.1 cm³/mol. The normalized spacial score (nSPS) is 17.2. The van der Waals surface area contributed by atoms with Crippen molar-refractivity contribution in [2.24, 2.45) is 5.41 Å². The molecule has 1 saturated carbocycles. The molecule has 0 radical (unpaired) electrons. The van der Waals surface area contributed by atoms with E-state index in [0.29, 0.717) is 23.6 Å². The zero-order valence-corrected chi connectivity index (χ0v) is 9.88. The molecule has 17 heavy (non-hydrogen) atoms. The zero-order valence-electron chi connectivity index (χ0n) is 9.12. The van der Waals surface area contributed by atoms with Gasteiger partial charge in [0.2, 0.25) is 0 Å². The van der Waals surface area contributed by atoms with E-state index in [9.17, 15) is 9.59 Å². The van der Waals surface area contributed by atoms with E-state index in [1.54, 1.807) is 0 Å². The van der Waals surface area contributed by atoms with Crippen LogP contribution in [-0.2, 0) is 4.79 Å². The van der Waals surface area contributed by atoms with Crippen LogP contribution in [0.25, 0.3) is 0 Å². The van der Waals surface area contributed by atoms with Crippen molar-refractivity contribution in [1.82, 2.24) is 10.3 Å². The van der Waals surface area contributed by atoms with E-state index >= 15 is 0 Å². The molecule has 0 bridgehead atoms. The molecule has 5 nitrogen and oxygen atoms in total. The number of aromatic nitrogens is 1. The minimum atomic E-state index is -0.839. The molecule has 1 fully saturated rings. The third-order valence-corrected chi connectivity index (χ3v) is 3.46. The molecule has 1 heterocycles. The standard InChI is InChI=1S/C11H13ClN2O3/c12-7-4-8(13-5-7)9(15)14-6-11(10(16)17)2-1-3-11/h4-5,13H,1-3,6H2,(H,14,15)(H,16,17). The van der Waals surface area contributed by atoms with E-state index in [-0.39, 0.29) is 12.5 Å². The summed E-state index contributed by atoms with van der Waals surface area (Å²) in [6.45, 7) is 0.164. The first-order valence-electron chi connectivity index (χ1n) is 5.39.